The molecule has 0 aliphatic heterocycles. The number of aryl methyl sites for hydroxylation is 1. The van der Waals surface area contributed by atoms with Gasteiger partial charge in [0.2, 0.25) is 11.8 Å². The summed E-state index contributed by atoms with van der Waals surface area (Å²) in [5, 5.41) is 5.80. The maximum absolute atomic E-state index is 12.4. The number of carbonyl (C=O) groups is 1. The molecule has 0 aliphatic rings. The van der Waals surface area contributed by atoms with Gasteiger partial charge in [-0.1, -0.05) is 18.2 Å². The molecule has 4 rings (SSSR count). The first-order valence-electron chi connectivity index (χ1n) is 8.50. The summed E-state index contributed by atoms with van der Waals surface area (Å²) in [7, 11) is 0. The second kappa shape index (κ2) is 7.55. The monoisotopic (exact) mass is 375 g/mol. The zero-order valence-corrected chi connectivity index (χ0v) is 15.5. The molecule has 2 aromatic carbocycles. The molecule has 0 saturated heterocycles. The highest BCUT2D eigenvalue weighted by molar-refractivity contribution is 7.13. The van der Waals surface area contributed by atoms with Crippen LogP contribution in [-0.2, 0) is 11.2 Å². The summed E-state index contributed by atoms with van der Waals surface area (Å²) in [6, 6.07) is 17.3. The van der Waals surface area contributed by atoms with Gasteiger partial charge in [-0.05, 0) is 43.3 Å². The molecule has 0 unspecified atom stereocenters. The van der Waals surface area contributed by atoms with Crippen molar-refractivity contribution in [2.24, 2.45) is 0 Å². The summed E-state index contributed by atoms with van der Waals surface area (Å²) >= 11 is 1.58. The van der Waals surface area contributed by atoms with Crippen molar-refractivity contribution in [1.29, 1.82) is 0 Å². The van der Waals surface area contributed by atoms with Crippen molar-refractivity contribution in [2.75, 3.05) is 5.32 Å². The SMILES string of the molecule is Cc1oc(-c2ccccc2)nc1CC(=O)Nc1ccc(-c2nccs2)cc1. The average Bonchev–Trinajstić information content (AvgIpc) is 3.34. The predicted octanol–water partition coefficient (Wildman–Crippen LogP) is 4.95. The van der Waals surface area contributed by atoms with Crippen molar-refractivity contribution in [3.05, 3.63) is 77.6 Å². The number of oxazole rings is 1. The van der Waals surface area contributed by atoms with Crippen LogP contribution in [0, 0.1) is 6.92 Å². The van der Waals surface area contributed by atoms with E-state index in [2.05, 4.69) is 15.3 Å². The maximum atomic E-state index is 12.4. The highest BCUT2D eigenvalue weighted by Gasteiger charge is 2.15. The van der Waals surface area contributed by atoms with E-state index in [1.807, 2.05) is 66.9 Å². The summed E-state index contributed by atoms with van der Waals surface area (Å²) in [6.45, 7) is 1.82. The zero-order chi connectivity index (χ0) is 18.6. The Morgan fingerprint density at radius 2 is 1.85 bits per heavy atom. The van der Waals surface area contributed by atoms with E-state index in [4.69, 9.17) is 4.42 Å². The van der Waals surface area contributed by atoms with E-state index in [-0.39, 0.29) is 12.3 Å². The number of amides is 1. The fourth-order valence-electron chi connectivity index (χ4n) is 2.72. The van der Waals surface area contributed by atoms with Crippen LogP contribution in [0.5, 0.6) is 0 Å². The summed E-state index contributed by atoms with van der Waals surface area (Å²) < 4.78 is 5.71. The Balaban J connectivity index is 1.43. The van der Waals surface area contributed by atoms with Crippen LogP contribution < -0.4 is 5.32 Å². The van der Waals surface area contributed by atoms with E-state index in [1.165, 1.54) is 0 Å². The molecule has 6 heteroatoms. The molecule has 1 N–H and O–H groups in total. The normalized spacial score (nSPS) is 10.7. The summed E-state index contributed by atoms with van der Waals surface area (Å²) in [6.07, 6.45) is 1.94. The minimum Gasteiger partial charge on any atom is -0.441 e. The second-order valence-corrected chi connectivity index (χ2v) is 6.92. The number of nitrogens with zero attached hydrogens (tertiary/aromatic N) is 2. The minimum absolute atomic E-state index is 0.131. The summed E-state index contributed by atoms with van der Waals surface area (Å²) in [5.41, 5.74) is 3.31. The number of hydrogen-bond acceptors (Lipinski definition) is 5. The Bertz CT molecular complexity index is 1040. The molecule has 1 amide bonds. The first kappa shape index (κ1) is 17.2. The first-order valence-corrected chi connectivity index (χ1v) is 9.38. The molecule has 0 fully saturated rings. The van der Waals surface area contributed by atoms with Gasteiger partial charge in [-0.3, -0.25) is 4.79 Å². The van der Waals surface area contributed by atoms with Gasteiger partial charge in [0, 0.05) is 28.4 Å². The van der Waals surface area contributed by atoms with E-state index in [0.29, 0.717) is 17.3 Å². The van der Waals surface area contributed by atoms with Crippen LogP contribution in [0.2, 0.25) is 0 Å². The molecule has 0 radical (unpaired) electrons. The Hall–Kier alpha value is -3.25. The third kappa shape index (κ3) is 3.96. The van der Waals surface area contributed by atoms with Crippen molar-refractivity contribution in [1.82, 2.24) is 9.97 Å². The predicted molar refractivity (Wildman–Crippen MR) is 107 cm³/mol. The van der Waals surface area contributed by atoms with Crippen molar-refractivity contribution in [3.63, 3.8) is 0 Å². The number of thiazole rings is 1. The standard InChI is InChI=1S/C21H17N3O2S/c1-14-18(24-20(26-14)15-5-3-2-4-6-15)13-19(25)23-17-9-7-16(8-10-17)21-22-11-12-27-21/h2-12H,13H2,1H3,(H,23,25). The molecule has 2 heterocycles. The highest BCUT2D eigenvalue weighted by atomic mass is 32.1. The molecular weight excluding hydrogens is 358 g/mol. The van der Waals surface area contributed by atoms with E-state index in [1.54, 1.807) is 17.5 Å². The molecule has 0 atom stereocenters. The molecule has 4 aromatic rings. The Labute approximate surface area is 160 Å². The topological polar surface area (TPSA) is 68.0 Å². The van der Waals surface area contributed by atoms with E-state index < -0.39 is 0 Å². The van der Waals surface area contributed by atoms with Gasteiger partial charge in [0.1, 0.15) is 10.8 Å². The van der Waals surface area contributed by atoms with Gasteiger partial charge < -0.3 is 9.73 Å². The van der Waals surface area contributed by atoms with Crippen LogP contribution >= 0.6 is 11.3 Å². The molecule has 2 aromatic heterocycles. The van der Waals surface area contributed by atoms with Gasteiger partial charge in [-0.25, -0.2) is 9.97 Å². The number of nitrogens with one attached hydrogen (secondary N) is 1. The fraction of sp³-hybridized carbons (Fsp3) is 0.0952. The number of rotatable bonds is 5. The molecule has 0 bridgehead atoms. The highest BCUT2D eigenvalue weighted by Crippen LogP contribution is 2.24. The number of anilines is 1. The molecule has 0 spiro atoms. The Kier molecular flexibility index (Phi) is 4.80. The number of aromatic nitrogens is 2. The smallest absolute Gasteiger partial charge is 0.230 e. The maximum Gasteiger partial charge on any atom is 0.230 e. The van der Waals surface area contributed by atoms with Crippen molar-refractivity contribution in [2.45, 2.75) is 13.3 Å². The fourth-order valence-corrected chi connectivity index (χ4v) is 3.36. The van der Waals surface area contributed by atoms with Gasteiger partial charge in [-0.15, -0.1) is 11.3 Å². The third-order valence-electron chi connectivity index (χ3n) is 4.09. The Morgan fingerprint density at radius 3 is 2.56 bits per heavy atom. The summed E-state index contributed by atoms with van der Waals surface area (Å²) in [5.74, 6) is 1.06. The van der Waals surface area contributed by atoms with Crippen LogP contribution in [0.3, 0.4) is 0 Å². The van der Waals surface area contributed by atoms with E-state index >= 15 is 0 Å². The Morgan fingerprint density at radius 1 is 1.07 bits per heavy atom. The molecular formula is C21H17N3O2S. The van der Waals surface area contributed by atoms with Gasteiger partial charge in [0.15, 0.2) is 0 Å². The van der Waals surface area contributed by atoms with Gasteiger partial charge in [-0.2, -0.15) is 0 Å². The second-order valence-electron chi connectivity index (χ2n) is 6.03. The van der Waals surface area contributed by atoms with E-state index in [0.717, 1.165) is 21.8 Å². The van der Waals surface area contributed by atoms with Gasteiger partial charge in [0.25, 0.3) is 0 Å². The van der Waals surface area contributed by atoms with Crippen LogP contribution in [0.1, 0.15) is 11.5 Å². The molecule has 5 nitrogen and oxygen atoms in total. The van der Waals surface area contributed by atoms with Gasteiger partial charge >= 0.3 is 0 Å². The molecule has 27 heavy (non-hydrogen) atoms. The van der Waals surface area contributed by atoms with Crippen molar-refractivity contribution in [3.8, 4) is 22.0 Å². The zero-order valence-electron chi connectivity index (χ0n) is 14.7. The third-order valence-corrected chi connectivity index (χ3v) is 4.91. The lowest BCUT2D eigenvalue weighted by Crippen LogP contribution is -2.15. The quantitative estimate of drug-likeness (QED) is 0.536. The first-order chi connectivity index (χ1) is 13.2. The molecule has 0 saturated carbocycles. The number of carbonyl (C=O) groups excluding carboxylic acids is 1. The van der Waals surface area contributed by atoms with Crippen LogP contribution in [0.15, 0.2) is 70.6 Å². The summed E-state index contributed by atoms with van der Waals surface area (Å²) in [4.78, 5) is 21.1. The lowest BCUT2D eigenvalue weighted by Gasteiger charge is -2.05. The number of benzene rings is 2. The largest absolute Gasteiger partial charge is 0.441 e. The average molecular weight is 375 g/mol. The van der Waals surface area contributed by atoms with Crippen molar-refractivity contribution < 1.29 is 9.21 Å². The van der Waals surface area contributed by atoms with Crippen LogP contribution in [0.4, 0.5) is 5.69 Å². The minimum atomic E-state index is -0.131. The lowest BCUT2D eigenvalue weighted by molar-refractivity contribution is -0.115. The molecule has 0 aliphatic carbocycles. The van der Waals surface area contributed by atoms with Gasteiger partial charge in [0.05, 0.1) is 12.1 Å². The van der Waals surface area contributed by atoms with Crippen LogP contribution in [-0.4, -0.2) is 15.9 Å². The van der Waals surface area contributed by atoms with E-state index in [9.17, 15) is 4.79 Å². The lowest BCUT2D eigenvalue weighted by atomic mass is 10.2. The van der Waals surface area contributed by atoms with Crippen LogP contribution in [0.25, 0.3) is 22.0 Å². The van der Waals surface area contributed by atoms with Crippen molar-refractivity contribution >= 4 is 22.9 Å². The number of hydrogen-bond donors (Lipinski definition) is 1. The molecule has 134 valence electrons.